The number of H-pyrrole nitrogens is 1. The molecule has 0 radical (unpaired) electrons. The van der Waals surface area contributed by atoms with Gasteiger partial charge in [-0.3, -0.25) is 0 Å². The summed E-state index contributed by atoms with van der Waals surface area (Å²) in [5, 5.41) is 14.4. The Balaban J connectivity index is 1.76. The highest BCUT2D eigenvalue weighted by Gasteiger charge is 2.08. The number of hydrogen-bond acceptors (Lipinski definition) is 4. The van der Waals surface area contributed by atoms with E-state index in [0.29, 0.717) is 6.54 Å². The third-order valence-corrected chi connectivity index (χ3v) is 3.03. The molecule has 0 saturated heterocycles. The largest absolute Gasteiger partial charge is 0.380 e. The molecule has 2 rings (SSSR count). The van der Waals surface area contributed by atoms with Crippen molar-refractivity contribution in [2.75, 3.05) is 19.8 Å². The second-order valence-electron chi connectivity index (χ2n) is 4.63. The Kier molecular flexibility index (Phi) is 6.20. The van der Waals surface area contributed by atoms with Crippen molar-refractivity contribution in [3.8, 4) is 11.3 Å². The maximum Gasteiger partial charge on any atom is 0.117 e. The zero-order valence-corrected chi connectivity index (χ0v) is 11.9. The second-order valence-corrected chi connectivity index (χ2v) is 4.63. The fourth-order valence-electron chi connectivity index (χ4n) is 1.90. The zero-order chi connectivity index (χ0) is 14.0. The lowest BCUT2D eigenvalue weighted by Crippen LogP contribution is -2.20. The van der Waals surface area contributed by atoms with Gasteiger partial charge >= 0.3 is 0 Å². The molecule has 5 heteroatoms. The lowest BCUT2D eigenvalue weighted by Gasteiger charge is -2.05. The Hall–Kier alpha value is -1.72. The van der Waals surface area contributed by atoms with Crippen LogP contribution in [0.2, 0.25) is 0 Å². The van der Waals surface area contributed by atoms with Crippen LogP contribution in [-0.4, -0.2) is 35.2 Å². The minimum absolute atomic E-state index is 0.692. The van der Waals surface area contributed by atoms with Crippen molar-refractivity contribution in [3.63, 3.8) is 0 Å². The minimum atomic E-state index is 0.692. The lowest BCUT2D eigenvalue weighted by molar-refractivity contribution is 0.133. The lowest BCUT2D eigenvalue weighted by atomic mass is 10.1. The summed E-state index contributed by atoms with van der Waals surface area (Å²) < 4.78 is 5.50. The Bertz CT molecular complexity index is 484. The maximum atomic E-state index is 5.50. The van der Waals surface area contributed by atoms with Crippen LogP contribution in [0.4, 0.5) is 0 Å². The summed E-state index contributed by atoms with van der Waals surface area (Å²) in [5.74, 6) is 0. The average molecular weight is 274 g/mol. The van der Waals surface area contributed by atoms with Crippen LogP contribution in [0.15, 0.2) is 30.3 Å². The molecular weight excluding hydrogens is 252 g/mol. The quantitative estimate of drug-likeness (QED) is 0.689. The van der Waals surface area contributed by atoms with Gasteiger partial charge in [-0.05, 0) is 6.42 Å². The van der Waals surface area contributed by atoms with Crippen LogP contribution in [0.5, 0.6) is 0 Å². The Labute approximate surface area is 119 Å². The summed E-state index contributed by atoms with van der Waals surface area (Å²) >= 11 is 0. The third-order valence-electron chi connectivity index (χ3n) is 3.03. The summed E-state index contributed by atoms with van der Waals surface area (Å²) in [4.78, 5) is 0. The number of ether oxygens (including phenoxy) is 1. The van der Waals surface area contributed by atoms with E-state index in [1.165, 1.54) is 6.42 Å². The molecule has 0 saturated carbocycles. The molecule has 0 spiro atoms. The molecule has 0 amide bonds. The molecule has 1 aromatic heterocycles. The van der Waals surface area contributed by atoms with Crippen molar-refractivity contribution in [2.24, 2.45) is 0 Å². The molecule has 1 aromatic carbocycles. The summed E-state index contributed by atoms with van der Waals surface area (Å²) in [6.45, 7) is 5.26. The first-order chi connectivity index (χ1) is 9.92. The number of aromatic nitrogens is 3. The number of benzene rings is 1. The molecule has 0 aliphatic heterocycles. The molecule has 5 nitrogen and oxygen atoms in total. The van der Waals surface area contributed by atoms with Gasteiger partial charge in [0.2, 0.25) is 0 Å². The van der Waals surface area contributed by atoms with E-state index in [4.69, 9.17) is 4.74 Å². The molecule has 2 aromatic rings. The summed E-state index contributed by atoms with van der Waals surface area (Å²) in [6.07, 6.45) is 2.30. The van der Waals surface area contributed by atoms with E-state index in [2.05, 4.69) is 27.7 Å². The normalized spacial score (nSPS) is 10.8. The smallest absolute Gasteiger partial charge is 0.117 e. The van der Waals surface area contributed by atoms with Crippen molar-refractivity contribution in [1.29, 1.82) is 0 Å². The van der Waals surface area contributed by atoms with Crippen molar-refractivity contribution in [2.45, 2.75) is 26.3 Å². The van der Waals surface area contributed by atoms with Crippen molar-refractivity contribution in [3.05, 3.63) is 36.0 Å². The molecule has 2 N–H and O–H groups in total. The van der Waals surface area contributed by atoms with E-state index in [0.717, 1.165) is 43.1 Å². The summed E-state index contributed by atoms with van der Waals surface area (Å²) in [6, 6.07) is 10.1. The molecule has 0 atom stereocenters. The molecule has 20 heavy (non-hydrogen) atoms. The van der Waals surface area contributed by atoms with Gasteiger partial charge in [-0.2, -0.15) is 15.4 Å². The van der Waals surface area contributed by atoms with Gasteiger partial charge in [0, 0.05) is 25.3 Å². The topological polar surface area (TPSA) is 62.8 Å². The van der Waals surface area contributed by atoms with E-state index < -0.39 is 0 Å². The first kappa shape index (κ1) is 14.7. The van der Waals surface area contributed by atoms with Gasteiger partial charge < -0.3 is 10.1 Å². The van der Waals surface area contributed by atoms with Crippen molar-refractivity contribution >= 4 is 0 Å². The van der Waals surface area contributed by atoms with E-state index in [-0.39, 0.29) is 0 Å². The molecule has 0 unspecified atom stereocenters. The minimum Gasteiger partial charge on any atom is -0.380 e. The van der Waals surface area contributed by atoms with Crippen LogP contribution in [0.25, 0.3) is 11.3 Å². The Morgan fingerprint density at radius 2 is 2.00 bits per heavy atom. The number of nitrogens with zero attached hydrogens (tertiary/aromatic N) is 2. The first-order valence-corrected chi connectivity index (χ1v) is 7.15. The van der Waals surface area contributed by atoms with Crippen LogP contribution in [0.3, 0.4) is 0 Å². The van der Waals surface area contributed by atoms with Crippen LogP contribution in [0.1, 0.15) is 25.5 Å². The standard InChI is InChI=1S/C15H22N4O/c1-2-3-10-20-11-9-16-12-14-15(18-19-17-14)13-7-5-4-6-8-13/h4-8,16H,2-3,9-12H2,1H3,(H,17,18,19). The molecular formula is C15H22N4O. The molecule has 1 heterocycles. The van der Waals surface area contributed by atoms with Gasteiger partial charge in [0.1, 0.15) is 11.4 Å². The monoisotopic (exact) mass is 274 g/mol. The van der Waals surface area contributed by atoms with Gasteiger partial charge in [0.25, 0.3) is 0 Å². The number of hydrogen-bond donors (Lipinski definition) is 2. The van der Waals surface area contributed by atoms with E-state index in [1.54, 1.807) is 0 Å². The van der Waals surface area contributed by atoms with Gasteiger partial charge in [-0.25, -0.2) is 0 Å². The van der Waals surface area contributed by atoms with Gasteiger partial charge in [0.15, 0.2) is 0 Å². The van der Waals surface area contributed by atoms with Crippen molar-refractivity contribution < 1.29 is 4.74 Å². The number of aromatic amines is 1. The molecule has 0 aliphatic rings. The van der Waals surface area contributed by atoms with Crippen LogP contribution in [-0.2, 0) is 11.3 Å². The number of nitrogens with one attached hydrogen (secondary N) is 2. The van der Waals surface area contributed by atoms with E-state index in [1.807, 2.05) is 30.3 Å². The molecule has 0 bridgehead atoms. The first-order valence-electron chi connectivity index (χ1n) is 7.15. The predicted octanol–water partition coefficient (Wildman–Crippen LogP) is 2.38. The predicted molar refractivity (Wildman–Crippen MR) is 79.3 cm³/mol. The van der Waals surface area contributed by atoms with E-state index >= 15 is 0 Å². The summed E-state index contributed by atoms with van der Waals surface area (Å²) in [7, 11) is 0. The maximum absolute atomic E-state index is 5.50. The van der Waals surface area contributed by atoms with Gasteiger partial charge in [0.05, 0.1) is 6.61 Å². The second kappa shape index (κ2) is 8.45. The fourth-order valence-corrected chi connectivity index (χ4v) is 1.90. The molecule has 0 fully saturated rings. The Morgan fingerprint density at radius 3 is 2.80 bits per heavy atom. The van der Waals surface area contributed by atoms with E-state index in [9.17, 15) is 0 Å². The highest BCUT2D eigenvalue weighted by molar-refractivity contribution is 5.60. The Morgan fingerprint density at radius 1 is 1.15 bits per heavy atom. The number of unbranched alkanes of at least 4 members (excludes halogenated alkanes) is 1. The molecule has 0 aliphatic carbocycles. The average Bonchev–Trinajstić information content (AvgIpc) is 2.96. The SMILES string of the molecule is CCCCOCCNCc1n[nH]nc1-c1ccccc1. The van der Waals surface area contributed by atoms with Gasteiger partial charge in [-0.1, -0.05) is 43.7 Å². The zero-order valence-electron chi connectivity index (χ0n) is 11.9. The highest BCUT2D eigenvalue weighted by Crippen LogP contribution is 2.18. The van der Waals surface area contributed by atoms with Crippen LogP contribution >= 0.6 is 0 Å². The fraction of sp³-hybridized carbons (Fsp3) is 0.467. The third kappa shape index (κ3) is 4.43. The van der Waals surface area contributed by atoms with Crippen LogP contribution in [0, 0.1) is 0 Å². The molecule has 108 valence electrons. The van der Waals surface area contributed by atoms with Gasteiger partial charge in [-0.15, -0.1) is 0 Å². The highest BCUT2D eigenvalue weighted by atomic mass is 16.5. The number of rotatable bonds is 9. The summed E-state index contributed by atoms with van der Waals surface area (Å²) in [5.41, 5.74) is 2.92. The van der Waals surface area contributed by atoms with Crippen LogP contribution < -0.4 is 5.32 Å². The van der Waals surface area contributed by atoms with Crippen molar-refractivity contribution in [1.82, 2.24) is 20.7 Å².